The van der Waals surface area contributed by atoms with Gasteiger partial charge in [0.2, 0.25) is 21.8 Å². The molecule has 0 aromatic heterocycles. The number of benzene rings is 2. The van der Waals surface area contributed by atoms with E-state index >= 15 is 0 Å². The molecule has 3 rings (SSSR count). The number of nitrogens with zero attached hydrogens (tertiary/aromatic N) is 2. The van der Waals surface area contributed by atoms with E-state index in [1.165, 1.54) is 6.92 Å². The summed E-state index contributed by atoms with van der Waals surface area (Å²) in [5.74, 6) is -2.95. The molecule has 0 spiro atoms. The SMILES string of the molecule is Cc1cc(NC(=O)C(C)N(c2ccc(F)c(F)c2)S(C)(=O)=O)ccc1N1CCCC1=O. The van der Waals surface area contributed by atoms with Gasteiger partial charge in [-0.1, -0.05) is 0 Å². The van der Waals surface area contributed by atoms with E-state index in [9.17, 15) is 26.8 Å². The Labute approximate surface area is 179 Å². The van der Waals surface area contributed by atoms with E-state index in [0.29, 0.717) is 18.7 Å². The predicted octanol–water partition coefficient (Wildman–Crippen LogP) is 3.19. The first-order chi connectivity index (χ1) is 14.5. The molecule has 1 aliphatic heterocycles. The van der Waals surface area contributed by atoms with Gasteiger partial charge in [0.1, 0.15) is 6.04 Å². The molecule has 1 fully saturated rings. The van der Waals surface area contributed by atoms with Gasteiger partial charge in [-0.3, -0.25) is 13.9 Å². The fourth-order valence-electron chi connectivity index (χ4n) is 3.62. The number of carbonyl (C=O) groups is 2. The van der Waals surface area contributed by atoms with Gasteiger partial charge < -0.3 is 10.2 Å². The maximum atomic E-state index is 13.7. The number of halogens is 2. The van der Waals surface area contributed by atoms with Crippen LogP contribution in [0.1, 0.15) is 25.3 Å². The second-order valence-corrected chi connectivity index (χ2v) is 9.33. The van der Waals surface area contributed by atoms with E-state index in [2.05, 4.69) is 5.32 Å². The second-order valence-electron chi connectivity index (χ2n) is 7.47. The lowest BCUT2D eigenvalue weighted by atomic mass is 10.1. The highest BCUT2D eigenvalue weighted by molar-refractivity contribution is 7.92. The number of aryl methyl sites for hydroxylation is 1. The molecular formula is C21H23F2N3O4S. The average molecular weight is 451 g/mol. The van der Waals surface area contributed by atoms with Crippen LogP contribution in [0.15, 0.2) is 36.4 Å². The summed E-state index contributed by atoms with van der Waals surface area (Å²) in [6, 6.07) is 6.42. The summed E-state index contributed by atoms with van der Waals surface area (Å²) in [5.41, 5.74) is 1.79. The van der Waals surface area contributed by atoms with Crippen molar-refractivity contribution in [3.8, 4) is 0 Å². The number of amides is 2. The number of carbonyl (C=O) groups excluding carboxylic acids is 2. The van der Waals surface area contributed by atoms with Crippen LogP contribution in [0.25, 0.3) is 0 Å². The Balaban J connectivity index is 1.83. The van der Waals surface area contributed by atoms with Crippen LogP contribution < -0.4 is 14.5 Å². The van der Waals surface area contributed by atoms with Crippen molar-refractivity contribution in [2.75, 3.05) is 27.3 Å². The molecule has 10 heteroatoms. The normalized spacial score (nSPS) is 15.1. The van der Waals surface area contributed by atoms with Crippen LogP contribution in [0, 0.1) is 18.6 Å². The number of sulfonamides is 1. The third-order valence-electron chi connectivity index (χ3n) is 5.07. The number of nitrogens with one attached hydrogen (secondary N) is 1. The molecule has 0 radical (unpaired) electrons. The summed E-state index contributed by atoms with van der Waals surface area (Å²) < 4.78 is 52.2. The summed E-state index contributed by atoms with van der Waals surface area (Å²) in [6.07, 6.45) is 2.17. The van der Waals surface area contributed by atoms with Crippen molar-refractivity contribution in [1.82, 2.24) is 0 Å². The highest BCUT2D eigenvalue weighted by Gasteiger charge is 2.30. The van der Waals surface area contributed by atoms with E-state index < -0.39 is 33.6 Å². The van der Waals surface area contributed by atoms with E-state index in [1.807, 2.05) is 6.92 Å². The van der Waals surface area contributed by atoms with Gasteiger partial charge in [-0.2, -0.15) is 0 Å². The number of rotatable bonds is 6. The molecule has 2 aromatic rings. The molecule has 0 saturated carbocycles. The molecule has 166 valence electrons. The third-order valence-corrected chi connectivity index (χ3v) is 6.32. The molecule has 1 atom stereocenters. The Morgan fingerprint density at radius 3 is 2.42 bits per heavy atom. The lowest BCUT2D eigenvalue weighted by Crippen LogP contribution is -2.45. The van der Waals surface area contributed by atoms with Crippen molar-refractivity contribution in [2.45, 2.75) is 32.7 Å². The van der Waals surface area contributed by atoms with Crippen LogP contribution in [-0.4, -0.2) is 39.1 Å². The van der Waals surface area contributed by atoms with Crippen LogP contribution in [0.2, 0.25) is 0 Å². The van der Waals surface area contributed by atoms with Crippen LogP contribution in [0.3, 0.4) is 0 Å². The minimum atomic E-state index is -3.98. The van der Waals surface area contributed by atoms with Crippen molar-refractivity contribution in [3.63, 3.8) is 0 Å². The molecular weight excluding hydrogens is 428 g/mol. The van der Waals surface area contributed by atoms with Crippen LogP contribution in [0.4, 0.5) is 25.8 Å². The minimum Gasteiger partial charge on any atom is -0.324 e. The van der Waals surface area contributed by atoms with Crippen molar-refractivity contribution < 1.29 is 26.8 Å². The van der Waals surface area contributed by atoms with Gasteiger partial charge in [-0.25, -0.2) is 17.2 Å². The summed E-state index contributed by atoms with van der Waals surface area (Å²) in [6.45, 7) is 3.80. The van der Waals surface area contributed by atoms with Crippen molar-refractivity contribution in [1.29, 1.82) is 0 Å². The largest absolute Gasteiger partial charge is 0.324 e. The molecule has 1 N–H and O–H groups in total. The maximum absolute atomic E-state index is 13.7. The fraction of sp³-hybridized carbons (Fsp3) is 0.333. The zero-order valence-corrected chi connectivity index (χ0v) is 18.2. The summed E-state index contributed by atoms with van der Waals surface area (Å²) in [7, 11) is -3.98. The fourth-order valence-corrected chi connectivity index (χ4v) is 4.78. The smallest absolute Gasteiger partial charge is 0.247 e. The minimum absolute atomic E-state index is 0.0452. The third kappa shape index (κ3) is 4.84. The van der Waals surface area contributed by atoms with E-state index in [4.69, 9.17) is 0 Å². The topological polar surface area (TPSA) is 86.8 Å². The standard InChI is InChI=1S/C21H23F2N3O4S/c1-13-11-15(6-9-19(13)25-10-4-5-20(25)27)24-21(28)14(2)26(31(3,29)30)16-7-8-17(22)18(23)12-16/h6-9,11-12,14H,4-5,10H2,1-3H3,(H,24,28). The first-order valence-electron chi connectivity index (χ1n) is 9.65. The lowest BCUT2D eigenvalue weighted by molar-refractivity contribution is -0.117. The first-order valence-corrected chi connectivity index (χ1v) is 11.5. The Kier molecular flexibility index (Phi) is 6.30. The van der Waals surface area contributed by atoms with Gasteiger partial charge in [0.05, 0.1) is 11.9 Å². The Hall–Kier alpha value is -3.01. The van der Waals surface area contributed by atoms with Gasteiger partial charge in [0, 0.05) is 30.4 Å². The molecule has 31 heavy (non-hydrogen) atoms. The predicted molar refractivity (Wildman–Crippen MR) is 115 cm³/mol. The monoisotopic (exact) mass is 451 g/mol. The van der Waals surface area contributed by atoms with Gasteiger partial charge in [-0.05, 0) is 56.2 Å². The maximum Gasteiger partial charge on any atom is 0.247 e. The highest BCUT2D eigenvalue weighted by Crippen LogP contribution is 2.28. The molecule has 7 nitrogen and oxygen atoms in total. The Morgan fingerprint density at radius 2 is 1.87 bits per heavy atom. The Morgan fingerprint density at radius 1 is 1.16 bits per heavy atom. The second kappa shape index (κ2) is 8.62. The Bertz CT molecular complexity index is 1140. The molecule has 2 aromatic carbocycles. The number of anilines is 3. The van der Waals surface area contributed by atoms with E-state index in [0.717, 1.165) is 46.4 Å². The number of hydrogen-bond acceptors (Lipinski definition) is 4. The molecule has 1 aliphatic rings. The van der Waals surface area contributed by atoms with Crippen molar-refractivity contribution >= 4 is 38.9 Å². The van der Waals surface area contributed by atoms with E-state index in [-0.39, 0.29) is 11.6 Å². The van der Waals surface area contributed by atoms with Gasteiger partial charge in [0.15, 0.2) is 11.6 Å². The molecule has 1 saturated heterocycles. The quantitative estimate of drug-likeness (QED) is 0.731. The zero-order chi connectivity index (χ0) is 22.9. The summed E-state index contributed by atoms with van der Waals surface area (Å²) >= 11 is 0. The average Bonchev–Trinajstić information content (AvgIpc) is 3.09. The molecule has 2 amide bonds. The highest BCUT2D eigenvalue weighted by atomic mass is 32.2. The van der Waals surface area contributed by atoms with Gasteiger partial charge in [0.25, 0.3) is 0 Å². The first kappa shape index (κ1) is 22.7. The molecule has 0 aliphatic carbocycles. The number of hydrogen-bond donors (Lipinski definition) is 1. The van der Waals surface area contributed by atoms with Crippen LogP contribution >= 0.6 is 0 Å². The lowest BCUT2D eigenvalue weighted by Gasteiger charge is -2.28. The molecule has 0 bridgehead atoms. The van der Waals surface area contributed by atoms with Crippen LogP contribution in [-0.2, 0) is 19.6 Å². The zero-order valence-electron chi connectivity index (χ0n) is 17.4. The van der Waals surface area contributed by atoms with E-state index in [1.54, 1.807) is 23.1 Å². The van der Waals surface area contributed by atoms with Crippen molar-refractivity contribution in [2.24, 2.45) is 0 Å². The molecule has 1 heterocycles. The van der Waals surface area contributed by atoms with Gasteiger partial charge in [-0.15, -0.1) is 0 Å². The van der Waals surface area contributed by atoms with Crippen LogP contribution in [0.5, 0.6) is 0 Å². The van der Waals surface area contributed by atoms with Gasteiger partial charge >= 0.3 is 0 Å². The molecule has 1 unspecified atom stereocenters. The van der Waals surface area contributed by atoms with Crippen molar-refractivity contribution in [3.05, 3.63) is 53.6 Å². The summed E-state index contributed by atoms with van der Waals surface area (Å²) in [4.78, 5) is 26.4. The summed E-state index contributed by atoms with van der Waals surface area (Å²) in [5, 5.41) is 2.64.